The Bertz CT molecular complexity index is 516. The average Bonchev–Trinajstić information content (AvgIpc) is 2.24. The summed E-state index contributed by atoms with van der Waals surface area (Å²) in [6, 6.07) is 6.70. The van der Waals surface area contributed by atoms with Gasteiger partial charge < -0.3 is 10.5 Å². The maximum absolute atomic E-state index is 5.85. The highest BCUT2D eigenvalue weighted by atomic mass is 35.5. The fourth-order valence-corrected chi connectivity index (χ4v) is 1.36. The maximum Gasteiger partial charge on any atom is 0.222 e. The second kappa shape index (κ2) is 4.37. The number of anilines is 1. The van der Waals surface area contributed by atoms with Crippen molar-refractivity contribution >= 4 is 17.3 Å². The van der Waals surface area contributed by atoms with Crippen LogP contribution in [0.4, 0.5) is 5.69 Å². The zero-order chi connectivity index (χ0) is 11.5. The summed E-state index contributed by atoms with van der Waals surface area (Å²) in [4.78, 5) is 8.08. The summed E-state index contributed by atoms with van der Waals surface area (Å²) >= 11 is 5.85. The van der Waals surface area contributed by atoms with Gasteiger partial charge in [0.1, 0.15) is 5.82 Å². The van der Waals surface area contributed by atoms with Crippen LogP contribution < -0.4 is 10.5 Å². The molecule has 0 fully saturated rings. The molecule has 2 aromatic rings. The number of hydrogen-bond acceptors (Lipinski definition) is 4. The fraction of sp³-hybridized carbons (Fsp3) is 0.0909. The van der Waals surface area contributed by atoms with Gasteiger partial charge in [-0.2, -0.15) is 4.98 Å². The molecular weight excluding hydrogens is 226 g/mol. The average molecular weight is 236 g/mol. The van der Waals surface area contributed by atoms with Gasteiger partial charge in [-0.3, -0.25) is 0 Å². The number of nitrogen functional groups attached to an aromatic ring is 1. The first-order valence-electron chi connectivity index (χ1n) is 4.67. The van der Waals surface area contributed by atoms with Gasteiger partial charge in [0.25, 0.3) is 0 Å². The van der Waals surface area contributed by atoms with Gasteiger partial charge in [0.05, 0.1) is 5.69 Å². The third-order valence-electron chi connectivity index (χ3n) is 1.94. The molecule has 0 aliphatic carbocycles. The van der Waals surface area contributed by atoms with Crippen molar-refractivity contribution in [3.8, 4) is 11.6 Å². The smallest absolute Gasteiger partial charge is 0.222 e. The SMILES string of the molecule is Cc1nccc(Oc2cc(Cl)ccc2N)n1. The van der Waals surface area contributed by atoms with E-state index in [1.807, 2.05) is 0 Å². The van der Waals surface area contributed by atoms with E-state index in [0.29, 0.717) is 28.2 Å². The number of nitrogens with zero attached hydrogens (tertiary/aromatic N) is 2. The number of aryl methyl sites for hydroxylation is 1. The third-order valence-corrected chi connectivity index (χ3v) is 2.18. The van der Waals surface area contributed by atoms with Gasteiger partial charge in [0.15, 0.2) is 5.75 Å². The van der Waals surface area contributed by atoms with Gasteiger partial charge in [-0.05, 0) is 19.1 Å². The van der Waals surface area contributed by atoms with E-state index >= 15 is 0 Å². The molecule has 5 heteroatoms. The van der Waals surface area contributed by atoms with Crippen LogP contribution in [0, 0.1) is 6.92 Å². The predicted octanol–water partition coefficient (Wildman–Crippen LogP) is 2.81. The van der Waals surface area contributed by atoms with Crippen LogP contribution in [0.25, 0.3) is 0 Å². The molecule has 0 saturated carbocycles. The van der Waals surface area contributed by atoms with E-state index in [1.165, 1.54) is 0 Å². The highest BCUT2D eigenvalue weighted by Gasteiger charge is 2.04. The number of hydrogen-bond donors (Lipinski definition) is 1. The first-order chi connectivity index (χ1) is 7.65. The molecule has 2 rings (SSSR count). The van der Waals surface area contributed by atoms with Crippen LogP contribution in [-0.4, -0.2) is 9.97 Å². The molecule has 0 unspecified atom stereocenters. The van der Waals surface area contributed by atoms with Crippen molar-refractivity contribution in [1.29, 1.82) is 0 Å². The van der Waals surface area contributed by atoms with Crippen LogP contribution in [0.2, 0.25) is 5.02 Å². The van der Waals surface area contributed by atoms with Crippen molar-refractivity contribution in [3.05, 3.63) is 41.3 Å². The van der Waals surface area contributed by atoms with Crippen molar-refractivity contribution in [3.63, 3.8) is 0 Å². The Kier molecular flexibility index (Phi) is 2.92. The monoisotopic (exact) mass is 235 g/mol. The van der Waals surface area contributed by atoms with Crippen molar-refractivity contribution in [2.45, 2.75) is 6.92 Å². The molecule has 0 atom stereocenters. The number of halogens is 1. The lowest BCUT2D eigenvalue weighted by Crippen LogP contribution is -1.95. The molecule has 1 aromatic heterocycles. The lowest BCUT2D eigenvalue weighted by atomic mass is 10.3. The molecule has 0 spiro atoms. The lowest BCUT2D eigenvalue weighted by molar-refractivity contribution is 0.462. The standard InChI is InChI=1S/C11H10ClN3O/c1-7-14-5-4-11(15-7)16-10-6-8(12)2-3-9(10)13/h2-6H,13H2,1H3. The first kappa shape index (κ1) is 10.7. The first-order valence-corrected chi connectivity index (χ1v) is 5.05. The molecule has 1 heterocycles. The number of benzene rings is 1. The lowest BCUT2D eigenvalue weighted by Gasteiger charge is -2.07. The molecule has 4 nitrogen and oxygen atoms in total. The molecular formula is C11H10ClN3O. The van der Waals surface area contributed by atoms with Crippen molar-refractivity contribution in [2.75, 3.05) is 5.73 Å². The normalized spacial score (nSPS) is 10.1. The minimum Gasteiger partial charge on any atom is -0.437 e. The molecule has 1 aromatic carbocycles. The molecule has 82 valence electrons. The van der Waals surface area contributed by atoms with Crippen LogP contribution in [0.5, 0.6) is 11.6 Å². The quantitative estimate of drug-likeness (QED) is 0.813. The zero-order valence-electron chi connectivity index (χ0n) is 8.64. The van der Waals surface area contributed by atoms with Crippen LogP contribution >= 0.6 is 11.6 Å². The van der Waals surface area contributed by atoms with Gasteiger partial charge in [0, 0.05) is 23.4 Å². The number of ether oxygens (including phenoxy) is 1. The Morgan fingerprint density at radius 1 is 1.31 bits per heavy atom. The van der Waals surface area contributed by atoms with E-state index in [4.69, 9.17) is 22.1 Å². The van der Waals surface area contributed by atoms with E-state index in [2.05, 4.69) is 9.97 Å². The highest BCUT2D eigenvalue weighted by molar-refractivity contribution is 6.30. The van der Waals surface area contributed by atoms with Crippen molar-refractivity contribution in [1.82, 2.24) is 9.97 Å². The van der Waals surface area contributed by atoms with E-state index < -0.39 is 0 Å². The summed E-state index contributed by atoms with van der Waals surface area (Å²) in [5, 5.41) is 0.565. The Hall–Kier alpha value is -1.81. The second-order valence-corrected chi connectivity index (χ2v) is 3.66. The van der Waals surface area contributed by atoms with Crippen LogP contribution in [0.1, 0.15) is 5.82 Å². The summed E-state index contributed by atoms with van der Waals surface area (Å²) in [7, 11) is 0. The van der Waals surface area contributed by atoms with Crippen LogP contribution in [0.3, 0.4) is 0 Å². The maximum atomic E-state index is 5.85. The Balaban J connectivity index is 2.30. The molecule has 0 radical (unpaired) electrons. The predicted molar refractivity (Wildman–Crippen MR) is 62.7 cm³/mol. The molecule has 0 aliphatic heterocycles. The topological polar surface area (TPSA) is 61.0 Å². The molecule has 2 N–H and O–H groups in total. The van der Waals surface area contributed by atoms with Gasteiger partial charge >= 0.3 is 0 Å². The molecule has 0 bridgehead atoms. The minimum atomic E-state index is 0.446. The molecule has 0 saturated heterocycles. The highest BCUT2D eigenvalue weighted by Crippen LogP contribution is 2.28. The van der Waals surface area contributed by atoms with Gasteiger partial charge in [-0.25, -0.2) is 4.98 Å². The Morgan fingerprint density at radius 3 is 2.88 bits per heavy atom. The number of nitrogens with two attached hydrogens (primary N) is 1. The van der Waals surface area contributed by atoms with E-state index in [-0.39, 0.29) is 0 Å². The van der Waals surface area contributed by atoms with Gasteiger partial charge in [-0.1, -0.05) is 11.6 Å². The van der Waals surface area contributed by atoms with Gasteiger partial charge in [0.2, 0.25) is 5.88 Å². The van der Waals surface area contributed by atoms with Crippen LogP contribution in [0.15, 0.2) is 30.5 Å². The van der Waals surface area contributed by atoms with E-state index in [9.17, 15) is 0 Å². The molecule has 0 aliphatic rings. The summed E-state index contributed by atoms with van der Waals surface area (Å²) in [5.41, 5.74) is 6.26. The third kappa shape index (κ3) is 2.41. The summed E-state index contributed by atoms with van der Waals surface area (Å²) in [5.74, 6) is 1.57. The van der Waals surface area contributed by atoms with E-state index in [1.54, 1.807) is 37.4 Å². The van der Waals surface area contributed by atoms with Gasteiger partial charge in [-0.15, -0.1) is 0 Å². The summed E-state index contributed by atoms with van der Waals surface area (Å²) in [6.07, 6.45) is 1.62. The number of aromatic nitrogens is 2. The largest absolute Gasteiger partial charge is 0.437 e. The van der Waals surface area contributed by atoms with E-state index in [0.717, 1.165) is 0 Å². The minimum absolute atomic E-state index is 0.446. The summed E-state index contributed by atoms with van der Waals surface area (Å²) < 4.78 is 5.51. The zero-order valence-corrected chi connectivity index (χ0v) is 9.40. The number of rotatable bonds is 2. The summed E-state index contributed by atoms with van der Waals surface area (Å²) in [6.45, 7) is 1.79. The van der Waals surface area contributed by atoms with Crippen LogP contribution in [-0.2, 0) is 0 Å². The fourth-order valence-electron chi connectivity index (χ4n) is 1.20. The van der Waals surface area contributed by atoms with Crippen molar-refractivity contribution < 1.29 is 4.74 Å². The molecule has 0 amide bonds. The van der Waals surface area contributed by atoms with Crippen molar-refractivity contribution in [2.24, 2.45) is 0 Å². The second-order valence-electron chi connectivity index (χ2n) is 3.23. The molecule has 16 heavy (non-hydrogen) atoms. The Morgan fingerprint density at radius 2 is 2.12 bits per heavy atom. The Labute approximate surface area is 98.0 Å².